The molecule has 2 aromatic carbocycles. The number of nitrogens with zero attached hydrogens (tertiary/aromatic N) is 4. The molecular formula is C23H23FN4O. The third-order valence-electron chi connectivity index (χ3n) is 6.02. The van der Waals surface area contributed by atoms with E-state index >= 15 is 0 Å². The molecule has 3 heterocycles. The summed E-state index contributed by atoms with van der Waals surface area (Å²) >= 11 is 0. The molecule has 29 heavy (non-hydrogen) atoms. The van der Waals surface area contributed by atoms with Gasteiger partial charge in [-0.05, 0) is 48.5 Å². The molecule has 0 atom stereocenters. The van der Waals surface area contributed by atoms with Gasteiger partial charge in [-0.15, -0.1) is 0 Å². The maximum absolute atomic E-state index is 13.1. The van der Waals surface area contributed by atoms with Crippen LogP contribution in [0, 0.1) is 5.82 Å². The zero-order valence-electron chi connectivity index (χ0n) is 16.2. The number of likely N-dealkylation sites (tertiary alicyclic amines) is 1. The zero-order chi connectivity index (χ0) is 19.8. The van der Waals surface area contributed by atoms with E-state index < -0.39 is 0 Å². The Kier molecular flexibility index (Phi) is 4.64. The number of hydrogen-bond donors (Lipinski definition) is 0. The van der Waals surface area contributed by atoms with Gasteiger partial charge in [-0.2, -0.15) is 0 Å². The van der Waals surface area contributed by atoms with Gasteiger partial charge >= 0.3 is 0 Å². The van der Waals surface area contributed by atoms with Crippen LogP contribution in [0.25, 0.3) is 10.9 Å². The van der Waals surface area contributed by atoms with Crippen LogP contribution in [0.15, 0.2) is 60.8 Å². The van der Waals surface area contributed by atoms with Crippen molar-refractivity contribution in [3.8, 4) is 0 Å². The topological polar surface area (TPSA) is 39.7 Å². The van der Waals surface area contributed by atoms with E-state index in [1.807, 2.05) is 47.4 Å². The highest BCUT2D eigenvalue weighted by molar-refractivity contribution is 5.98. The van der Waals surface area contributed by atoms with E-state index in [0.29, 0.717) is 6.04 Å². The molecule has 148 valence electrons. The Labute approximate surface area is 169 Å². The number of hydrogen-bond acceptors (Lipinski definition) is 4. The molecule has 0 spiro atoms. The van der Waals surface area contributed by atoms with Gasteiger partial charge < -0.3 is 9.80 Å². The first kappa shape index (κ1) is 18.1. The van der Waals surface area contributed by atoms with Crippen LogP contribution in [-0.2, 0) is 0 Å². The van der Waals surface area contributed by atoms with Crippen LogP contribution in [0.4, 0.5) is 10.1 Å². The Morgan fingerprint density at radius 1 is 0.966 bits per heavy atom. The Balaban J connectivity index is 1.16. The van der Waals surface area contributed by atoms with Crippen LogP contribution < -0.4 is 4.90 Å². The fourth-order valence-corrected chi connectivity index (χ4v) is 4.24. The number of carbonyl (C=O) groups is 1. The average molecular weight is 390 g/mol. The van der Waals surface area contributed by atoms with Gasteiger partial charge in [0.05, 0.1) is 5.52 Å². The summed E-state index contributed by atoms with van der Waals surface area (Å²) in [7, 11) is 0. The molecule has 2 saturated heterocycles. The number of anilines is 1. The van der Waals surface area contributed by atoms with Gasteiger partial charge in [0, 0.05) is 68.1 Å². The van der Waals surface area contributed by atoms with Crippen LogP contribution >= 0.6 is 0 Å². The van der Waals surface area contributed by atoms with E-state index in [4.69, 9.17) is 0 Å². The monoisotopic (exact) mass is 390 g/mol. The number of amides is 1. The number of aromatic nitrogens is 1. The standard InChI is InChI=1S/C23H23FN4O/c24-19-4-6-20(7-5-19)26-10-12-27(13-11-26)21-15-28(16-21)23(29)18-3-8-22-17(14-18)2-1-9-25-22/h1-9,14,21H,10-13,15-16H2. The summed E-state index contributed by atoms with van der Waals surface area (Å²) < 4.78 is 13.1. The molecule has 0 bridgehead atoms. The third kappa shape index (κ3) is 3.56. The summed E-state index contributed by atoms with van der Waals surface area (Å²) in [4.78, 5) is 23.8. The molecule has 1 aromatic heterocycles. The molecule has 0 unspecified atom stereocenters. The summed E-state index contributed by atoms with van der Waals surface area (Å²) in [5.74, 6) is -0.105. The second-order valence-corrected chi connectivity index (χ2v) is 7.77. The molecule has 0 radical (unpaired) electrons. The van der Waals surface area contributed by atoms with Crippen molar-refractivity contribution in [1.82, 2.24) is 14.8 Å². The Hall–Kier alpha value is -2.99. The molecule has 0 saturated carbocycles. The van der Waals surface area contributed by atoms with Crippen molar-refractivity contribution in [3.05, 3.63) is 72.2 Å². The summed E-state index contributed by atoms with van der Waals surface area (Å²) in [6.07, 6.45) is 1.76. The van der Waals surface area contributed by atoms with Gasteiger partial charge in [-0.3, -0.25) is 14.7 Å². The minimum absolute atomic E-state index is 0.0944. The zero-order valence-corrected chi connectivity index (χ0v) is 16.2. The van der Waals surface area contributed by atoms with Crippen LogP contribution in [0.5, 0.6) is 0 Å². The maximum Gasteiger partial charge on any atom is 0.253 e. The summed E-state index contributed by atoms with van der Waals surface area (Å²) in [6, 6.07) is 16.7. The number of pyridine rings is 1. The van der Waals surface area contributed by atoms with Gasteiger partial charge in [0.1, 0.15) is 5.82 Å². The molecule has 5 rings (SSSR count). The molecule has 0 aliphatic carbocycles. The lowest BCUT2D eigenvalue weighted by atomic mass is 10.0. The van der Waals surface area contributed by atoms with Crippen molar-refractivity contribution in [3.63, 3.8) is 0 Å². The van der Waals surface area contributed by atoms with E-state index in [1.54, 1.807) is 6.20 Å². The molecular weight excluding hydrogens is 367 g/mol. The first-order chi connectivity index (χ1) is 14.2. The Bertz CT molecular complexity index is 1020. The highest BCUT2D eigenvalue weighted by Crippen LogP contribution is 2.23. The third-order valence-corrected chi connectivity index (χ3v) is 6.02. The van der Waals surface area contributed by atoms with Crippen LogP contribution in [-0.4, -0.2) is 66.0 Å². The second-order valence-electron chi connectivity index (χ2n) is 7.77. The highest BCUT2D eigenvalue weighted by atomic mass is 19.1. The van der Waals surface area contributed by atoms with Crippen molar-refractivity contribution in [2.45, 2.75) is 6.04 Å². The van der Waals surface area contributed by atoms with Gasteiger partial charge in [0.25, 0.3) is 5.91 Å². The molecule has 3 aromatic rings. The van der Waals surface area contributed by atoms with Gasteiger partial charge in [-0.25, -0.2) is 4.39 Å². The normalized spacial score (nSPS) is 18.1. The van der Waals surface area contributed by atoms with Gasteiger partial charge in [0.2, 0.25) is 0 Å². The molecule has 0 N–H and O–H groups in total. The molecule has 5 nitrogen and oxygen atoms in total. The molecule has 2 fully saturated rings. The second kappa shape index (κ2) is 7.44. The maximum atomic E-state index is 13.1. The summed E-state index contributed by atoms with van der Waals surface area (Å²) in [6.45, 7) is 5.33. The molecule has 1 amide bonds. The van der Waals surface area contributed by atoms with Gasteiger partial charge in [0.15, 0.2) is 0 Å². The minimum atomic E-state index is -0.200. The van der Waals surface area contributed by atoms with Crippen molar-refractivity contribution >= 4 is 22.5 Å². The molecule has 2 aliphatic rings. The average Bonchev–Trinajstić information content (AvgIpc) is 2.73. The van der Waals surface area contributed by atoms with E-state index in [9.17, 15) is 9.18 Å². The predicted molar refractivity (Wildman–Crippen MR) is 112 cm³/mol. The van der Waals surface area contributed by atoms with Crippen LogP contribution in [0.1, 0.15) is 10.4 Å². The molecule has 6 heteroatoms. The van der Waals surface area contributed by atoms with Crippen molar-refractivity contribution in [2.75, 3.05) is 44.2 Å². The van der Waals surface area contributed by atoms with Crippen molar-refractivity contribution in [1.29, 1.82) is 0 Å². The van der Waals surface area contributed by atoms with E-state index in [-0.39, 0.29) is 11.7 Å². The lowest BCUT2D eigenvalue weighted by Gasteiger charge is -2.48. The van der Waals surface area contributed by atoms with E-state index in [2.05, 4.69) is 14.8 Å². The number of benzene rings is 2. The number of carbonyl (C=O) groups excluding carboxylic acids is 1. The summed E-state index contributed by atoms with van der Waals surface area (Å²) in [5, 5.41) is 0.993. The van der Waals surface area contributed by atoms with Gasteiger partial charge in [-0.1, -0.05) is 6.07 Å². The Morgan fingerprint density at radius 3 is 2.48 bits per heavy atom. The van der Waals surface area contributed by atoms with Crippen molar-refractivity contribution in [2.24, 2.45) is 0 Å². The SMILES string of the molecule is O=C(c1ccc2ncccc2c1)N1CC(N2CCN(c3ccc(F)cc3)CC2)C1. The largest absolute Gasteiger partial charge is 0.369 e. The fraction of sp³-hybridized carbons (Fsp3) is 0.304. The Morgan fingerprint density at radius 2 is 1.72 bits per heavy atom. The number of fused-ring (bicyclic) bond motifs is 1. The van der Waals surface area contributed by atoms with E-state index in [0.717, 1.165) is 61.4 Å². The van der Waals surface area contributed by atoms with E-state index in [1.165, 1.54) is 12.1 Å². The first-order valence-electron chi connectivity index (χ1n) is 10.1. The number of rotatable bonds is 3. The predicted octanol–water partition coefficient (Wildman–Crippen LogP) is 3.02. The number of halogens is 1. The van der Waals surface area contributed by atoms with Crippen LogP contribution in [0.2, 0.25) is 0 Å². The first-order valence-corrected chi connectivity index (χ1v) is 10.1. The number of piperazine rings is 1. The van der Waals surface area contributed by atoms with Crippen LogP contribution in [0.3, 0.4) is 0 Å². The smallest absolute Gasteiger partial charge is 0.253 e. The lowest BCUT2D eigenvalue weighted by Crippen LogP contribution is -2.64. The quantitative estimate of drug-likeness (QED) is 0.689. The van der Waals surface area contributed by atoms with Crippen molar-refractivity contribution < 1.29 is 9.18 Å². The summed E-state index contributed by atoms with van der Waals surface area (Å²) in [5.41, 5.74) is 2.71. The molecule has 2 aliphatic heterocycles. The fourth-order valence-electron chi connectivity index (χ4n) is 4.24. The highest BCUT2D eigenvalue weighted by Gasteiger charge is 2.36. The lowest BCUT2D eigenvalue weighted by molar-refractivity contribution is 0.0247. The minimum Gasteiger partial charge on any atom is -0.369 e.